The van der Waals surface area contributed by atoms with E-state index in [0.717, 1.165) is 25.4 Å². The quantitative estimate of drug-likeness (QED) is 0.744. The third kappa shape index (κ3) is 6.46. The van der Waals surface area contributed by atoms with Gasteiger partial charge in [-0.05, 0) is 37.6 Å². The average Bonchev–Trinajstić information content (AvgIpc) is 2.35. The number of nitrogens with one attached hydrogen (secondary N) is 1. The fraction of sp³-hybridized carbons (Fsp3) is 0.571. The van der Waals surface area contributed by atoms with Crippen molar-refractivity contribution in [2.45, 2.75) is 40.7 Å². The van der Waals surface area contributed by atoms with Gasteiger partial charge < -0.3 is 10.1 Å². The lowest BCUT2D eigenvalue weighted by atomic mass is 10.2. The molecule has 1 aromatic carbocycles. The van der Waals surface area contributed by atoms with E-state index in [9.17, 15) is 0 Å². The van der Waals surface area contributed by atoms with Crippen molar-refractivity contribution in [2.75, 3.05) is 13.2 Å². The minimum atomic E-state index is 0.730. The molecule has 0 unspecified atom stereocenters. The van der Waals surface area contributed by atoms with E-state index in [1.54, 1.807) is 0 Å². The van der Waals surface area contributed by atoms with Gasteiger partial charge in [-0.2, -0.15) is 0 Å². The van der Waals surface area contributed by atoms with Crippen molar-refractivity contribution in [3.05, 3.63) is 29.8 Å². The lowest BCUT2D eigenvalue weighted by Gasteiger charge is -2.05. The van der Waals surface area contributed by atoms with Crippen LogP contribution in [0.1, 0.15) is 39.7 Å². The summed E-state index contributed by atoms with van der Waals surface area (Å²) >= 11 is 0. The van der Waals surface area contributed by atoms with Gasteiger partial charge in [-0.25, -0.2) is 0 Å². The van der Waals surface area contributed by atoms with E-state index >= 15 is 0 Å². The Hall–Kier alpha value is -1.02. The maximum atomic E-state index is 5.37. The van der Waals surface area contributed by atoms with Gasteiger partial charge in [-0.1, -0.05) is 32.9 Å². The molecule has 0 saturated carbocycles. The van der Waals surface area contributed by atoms with E-state index in [-0.39, 0.29) is 0 Å². The maximum absolute atomic E-state index is 5.37. The van der Waals surface area contributed by atoms with Gasteiger partial charge >= 0.3 is 0 Å². The second-order valence-electron chi connectivity index (χ2n) is 3.25. The van der Waals surface area contributed by atoms with Crippen LogP contribution in [-0.2, 0) is 6.54 Å². The fourth-order valence-corrected chi connectivity index (χ4v) is 1.28. The number of hydrogen-bond donors (Lipinski definition) is 1. The zero-order valence-electron chi connectivity index (χ0n) is 11.0. The molecule has 1 N–H and O–H groups in total. The van der Waals surface area contributed by atoms with Crippen LogP contribution in [-0.4, -0.2) is 13.2 Å². The maximum Gasteiger partial charge on any atom is 0.119 e. The van der Waals surface area contributed by atoms with Gasteiger partial charge in [0.25, 0.3) is 0 Å². The molecule has 0 radical (unpaired) electrons. The van der Waals surface area contributed by atoms with E-state index in [1.807, 2.05) is 32.9 Å². The Kier molecular flexibility index (Phi) is 9.83. The van der Waals surface area contributed by atoms with Gasteiger partial charge in [-0.3, -0.25) is 0 Å². The molecular weight excluding hydrogens is 198 g/mol. The molecule has 2 heteroatoms. The highest BCUT2D eigenvalue weighted by molar-refractivity contribution is 5.27. The van der Waals surface area contributed by atoms with E-state index in [0.29, 0.717) is 0 Å². The average molecular weight is 223 g/mol. The van der Waals surface area contributed by atoms with E-state index in [4.69, 9.17) is 4.74 Å². The summed E-state index contributed by atoms with van der Waals surface area (Å²) in [6.45, 7) is 10.9. The Bertz CT molecular complexity index is 243. The highest BCUT2D eigenvalue weighted by Crippen LogP contribution is 2.11. The summed E-state index contributed by atoms with van der Waals surface area (Å²) in [6.07, 6.45) is 1.18. The lowest BCUT2D eigenvalue weighted by molar-refractivity contribution is 0.340. The molecule has 0 bridgehead atoms. The van der Waals surface area contributed by atoms with Crippen LogP contribution < -0.4 is 10.1 Å². The van der Waals surface area contributed by atoms with Crippen molar-refractivity contribution < 1.29 is 4.74 Å². The molecule has 0 aliphatic heterocycles. The van der Waals surface area contributed by atoms with Crippen LogP contribution in [0.4, 0.5) is 0 Å². The van der Waals surface area contributed by atoms with Crippen LogP contribution in [0.2, 0.25) is 0 Å². The van der Waals surface area contributed by atoms with Gasteiger partial charge in [-0.15, -0.1) is 0 Å². The molecule has 0 aliphatic carbocycles. The summed E-state index contributed by atoms with van der Waals surface area (Å²) in [5.41, 5.74) is 1.31. The monoisotopic (exact) mass is 223 g/mol. The third-order valence-corrected chi connectivity index (χ3v) is 1.99. The van der Waals surface area contributed by atoms with E-state index in [1.165, 1.54) is 12.0 Å². The third-order valence-electron chi connectivity index (χ3n) is 1.99. The van der Waals surface area contributed by atoms with Gasteiger partial charge in [0.2, 0.25) is 0 Å². The number of rotatable bonds is 6. The summed E-state index contributed by atoms with van der Waals surface area (Å²) in [7, 11) is 0. The van der Waals surface area contributed by atoms with E-state index < -0.39 is 0 Å². The Balaban J connectivity index is 0.00000106. The van der Waals surface area contributed by atoms with Crippen molar-refractivity contribution in [1.29, 1.82) is 0 Å². The summed E-state index contributed by atoms with van der Waals surface area (Å²) in [6, 6.07) is 8.25. The molecule has 0 amide bonds. The normalized spacial score (nSPS) is 9.25. The summed E-state index contributed by atoms with van der Waals surface area (Å²) in [4.78, 5) is 0. The second kappa shape index (κ2) is 10.5. The molecule has 0 spiro atoms. The van der Waals surface area contributed by atoms with Crippen molar-refractivity contribution in [1.82, 2.24) is 5.32 Å². The second-order valence-corrected chi connectivity index (χ2v) is 3.25. The van der Waals surface area contributed by atoms with Gasteiger partial charge in [0.1, 0.15) is 5.75 Å². The smallest absolute Gasteiger partial charge is 0.119 e. The molecule has 0 heterocycles. The molecule has 16 heavy (non-hydrogen) atoms. The fourth-order valence-electron chi connectivity index (χ4n) is 1.28. The standard InChI is InChI=1S/C12H19NO.C2H6/c1-3-9-13-10-11-5-7-12(8-6-11)14-4-2;1-2/h5-8,13H,3-4,9-10H2,1-2H3;1-2H3. The zero-order chi connectivity index (χ0) is 12.2. The number of benzene rings is 1. The first-order chi connectivity index (χ1) is 7.86. The van der Waals surface area contributed by atoms with Crippen molar-refractivity contribution in [2.24, 2.45) is 0 Å². The Morgan fingerprint density at radius 2 is 1.69 bits per heavy atom. The van der Waals surface area contributed by atoms with Crippen LogP contribution in [0.25, 0.3) is 0 Å². The van der Waals surface area contributed by atoms with Crippen molar-refractivity contribution in [3.63, 3.8) is 0 Å². The lowest BCUT2D eigenvalue weighted by Crippen LogP contribution is -2.13. The van der Waals surface area contributed by atoms with Crippen LogP contribution in [0, 0.1) is 0 Å². The molecule has 92 valence electrons. The molecule has 1 rings (SSSR count). The topological polar surface area (TPSA) is 21.3 Å². The molecular formula is C14H25NO. The largest absolute Gasteiger partial charge is 0.494 e. The number of ether oxygens (including phenoxy) is 1. The van der Waals surface area contributed by atoms with Crippen molar-refractivity contribution in [3.8, 4) is 5.75 Å². The first kappa shape index (κ1) is 15.0. The Morgan fingerprint density at radius 1 is 1.06 bits per heavy atom. The van der Waals surface area contributed by atoms with Crippen molar-refractivity contribution >= 4 is 0 Å². The highest BCUT2D eigenvalue weighted by atomic mass is 16.5. The minimum Gasteiger partial charge on any atom is -0.494 e. The van der Waals surface area contributed by atoms with E-state index in [2.05, 4.69) is 24.4 Å². The zero-order valence-corrected chi connectivity index (χ0v) is 11.0. The summed E-state index contributed by atoms with van der Waals surface area (Å²) < 4.78 is 5.37. The van der Waals surface area contributed by atoms with Crippen LogP contribution in [0.5, 0.6) is 5.75 Å². The molecule has 0 fully saturated rings. The van der Waals surface area contributed by atoms with Crippen LogP contribution >= 0.6 is 0 Å². The molecule has 2 nitrogen and oxygen atoms in total. The first-order valence-electron chi connectivity index (χ1n) is 6.29. The van der Waals surface area contributed by atoms with Crippen LogP contribution in [0.3, 0.4) is 0 Å². The molecule has 0 atom stereocenters. The first-order valence-corrected chi connectivity index (χ1v) is 6.29. The summed E-state index contributed by atoms with van der Waals surface area (Å²) in [5.74, 6) is 0.951. The van der Waals surface area contributed by atoms with Gasteiger partial charge in [0, 0.05) is 6.54 Å². The predicted octanol–water partition coefficient (Wildman–Crippen LogP) is 3.61. The predicted molar refractivity (Wildman–Crippen MR) is 71.0 cm³/mol. The van der Waals surface area contributed by atoms with Gasteiger partial charge in [0.15, 0.2) is 0 Å². The Morgan fingerprint density at radius 3 is 2.19 bits per heavy atom. The van der Waals surface area contributed by atoms with Crippen LogP contribution in [0.15, 0.2) is 24.3 Å². The minimum absolute atomic E-state index is 0.730. The molecule has 1 aromatic rings. The molecule has 0 aliphatic rings. The summed E-state index contributed by atoms with van der Waals surface area (Å²) in [5, 5.41) is 3.36. The number of hydrogen-bond acceptors (Lipinski definition) is 2. The SMILES string of the molecule is CC.CCCNCc1ccc(OCC)cc1. The van der Waals surface area contributed by atoms with Gasteiger partial charge in [0.05, 0.1) is 6.61 Å². The molecule has 0 saturated heterocycles. The highest BCUT2D eigenvalue weighted by Gasteiger charge is 1.93. The molecule has 0 aromatic heterocycles. The Labute approximate surface area is 100 Å².